The van der Waals surface area contributed by atoms with Gasteiger partial charge in [0.05, 0.1) is 12.2 Å². The second-order valence-electron chi connectivity index (χ2n) is 4.16. The van der Waals surface area contributed by atoms with E-state index < -0.39 is 0 Å². The fraction of sp³-hybridized carbons (Fsp3) is 1.00. The van der Waals surface area contributed by atoms with Crippen molar-refractivity contribution in [2.24, 2.45) is 0 Å². The van der Waals surface area contributed by atoms with Crippen molar-refractivity contribution >= 4 is 0 Å². The predicted octanol–water partition coefficient (Wildman–Crippen LogP) is 1.65. The summed E-state index contributed by atoms with van der Waals surface area (Å²) >= 11 is 0. The van der Waals surface area contributed by atoms with Crippen LogP contribution in [0.4, 0.5) is 0 Å². The Bertz CT molecular complexity index is 154. The summed E-state index contributed by atoms with van der Waals surface area (Å²) in [5.74, 6) is 0. The quantitative estimate of drug-likeness (QED) is 0.637. The molecule has 2 rings (SSSR count). The van der Waals surface area contributed by atoms with Gasteiger partial charge in [-0.05, 0) is 25.8 Å². The van der Waals surface area contributed by atoms with E-state index in [1.54, 1.807) is 0 Å². The minimum absolute atomic E-state index is 0.325. The summed E-state index contributed by atoms with van der Waals surface area (Å²) in [5.41, 5.74) is 0.325. The number of nitrogens with zero attached hydrogens (tertiary/aromatic N) is 1. The molecule has 0 bridgehead atoms. The van der Waals surface area contributed by atoms with Crippen LogP contribution in [0.25, 0.3) is 0 Å². The smallest absolute Gasteiger partial charge is 0.0811 e. The maximum atomic E-state index is 5.74. The molecule has 0 aromatic heterocycles. The number of morpholine rings is 1. The van der Waals surface area contributed by atoms with Gasteiger partial charge in [-0.3, -0.25) is 4.90 Å². The first-order chi connectivity index (χ1) is 5.85. The van der Waals surface area contributed by atoms with Crippen molar-refractivity contribution in [2.75, 3.05) is 26.2 Å². The first-order valence-corrected chi connectivity index (χ1v) is 5.21. The van der Waals surface area contributed by atoms with E-state index in [0.29, 0.717) is 5.60 Å². The van der Waals surface area contributed by atoms with Crippen LogP contribution >= 0.6 is 0 Å². The fourth-order valence-electron chi connectivity index (χ4n) is 1.94. The SMILES string of the molecule is CCCCN1CCOC2(CC2)C1. The summed E-state index contributed by atoms with van der Waals surface area (Å²) in [6.07, 6.45) is 5.26. The third-order valence-corrected chi connectivity index (χ3v) is 2.96. The van der Waals surface area contributed by atoms with E-state index in [-0.39, 0.29) is 0 Å². The Morgan fingerprint density at radius 2 is 2.25 bits per heavy atom. The number of hydrogen-bond acceptors (Lipinski definition) is 2. The molecular weight excluding hydrogens is 150 g/mol. The average molecular weight is 169 g/mol. The third-order valence-electron chi connectivity index (χ3n) is 2.96. The van der Waals surface area contributed by atoms with Gasteiger partial charge in [0.25, 0.3) is 0 Å². The summed E-state index contributed by atoms with van der Waals surface area (Å²) in [6, 6.07) is 0. The van der Waals surface area contributed by atoms with Crippen molar-refractivity contribution in [1.82, 2.24) is 4.90 Å². The molecule has 0 atom stereocenters. The molecule has 0 aromatic carbocycles. The van der Waals surface area contributed by atoms with E-state index in [2.05, 4.69) is 11.8 Å². The molecule has 1 saturated carbocycles. The Labute approximate surface area is 74.9 Å². The Morgan fingerprint density at radius 3 is 2.92 bits per heavy atom. The molecule has 0 aromatic rings. The van der Waals surface area contributed by atoms with Gasteiger partial charge in [-0.25, -0.2) is 0 Å². The molecule has 0 amide bonds. The largest absolute Gasteiger partial charge is 0.372 e. The fourth-order valence-corrected chi connectivity index (χ4v) is 1.94. The van der Waals surface area contributed by atoms with Crippen molar-refractivity contribution in [2.45, 2.75) is 38.2 Å². The van der Waals surface area contributed by atoms with Crippen LogP contribution in [0.2, 0.25) is 0 Å². The molecule has 1 saturated heterocycles. The second-order valence-corrected chi connectivity index (χ2v) is 4.16. The van der Waals surface area contributed by atoms with Crippen LogP contribution in [-0.2, 0) is 4.74 Å². The zero-order valence-corrected chi connectivity index (χ0v) is 8.01. The molecule has 1 aliphatic carbocycles. The van der Waals surface area contributed by atoms with Gasteiger partial charge in [0, 0.05) is 13.1 Å². The molecule has 12 heavy (non-hydrogen) atoms. The lowest BCUT2D eigenvalue weighted by molar-refractivity contribution is -0.0461. The number of hydrogen-bond donors (Lipinski definition) is 0. The highest BCUT2D eigenvalue weighted by molar-refractivity contribution is 5.00. The van der Waals surface area contributed by atoms with Gasteiger partial charge in [0.2, 0.25) is 0 Å². The Hall–Kier alpha value is -0.0800. The van der Waals surface area contributed by atoms with Crippen LogP contribution < -0.4 is 0 Å². The molecule has 70 valence electrons. The van der Waals surface area contributed by atoms with Crippen LogP contribution in [0.1, 0.15) is 32.6 Å². The molecule has 1 spiro atoms. The first kappa shape index (κ1) is 8.52. The van der Waals surface area contributed by atoms with Gasteiger partial charge in [-0.15, -0.1) is 0 Å². The summed E-state index contributed by atoms with van der Waals surface area (Å²) in [7, 11) is 0. The molecule has 0 unspecified atom stereocenters. The van der Waals surface area contributed by atoms with Crippen molar-refractivity contribution in [3.05, 3.63) is 0 Å². The molecule has 2 heteroatoms. The summed E-state index contributed by atoms with van der Waals surface area (Å²) in [6.45, 7) is 6.85. The van der Waals surface area contributed by atoms with E-state index in [1.165, 1.54) is 38.8 Å². The minimum Gasteiger partial charge on any atom is -0.372 e. The maximum Gasteiger partial charge on any atom is 0.0811 e. The van der Waals surface area contributed by atoms with Gasteiger partial charge < -0.3 is 4.74 Å². The van der Waals surface area contributed by atoms with Crippen molar-refractivity contribution in [3.63, 3.8) is 0 Å². The molecule has 2 fully saturated rings. The molecule has 1 aliphatic heterocycles. The topological polar surface area (TPSA) is 12.5 Å². The Morgan fingerprint density at radius 1 is 1.42 bits per heavy atom. The zero-order valence-electron chi connectivity index (χ0n) is 8.01. The third kappa shape index (κ3) is 1.80. The molecule has 2 aliphatic rings. The van der Waals surface area contributed by atoms with E-state index >= 15 is 0 Å². The van der Waals surface area contributed by atoms with Crippen molar-refractivity contribution < 1.29 is 4.74 Å². The minimum atomic E-state index is 0.325. The zero-order chi connectivity index (χ0) is 8.44. The number of ether oxygens (including phenoxy) is 1. The first-order valence-electron chi connectivity index (χ1n) is 5.21. The Balaban J connectivity index is 1.75. The van der Waals surface area contributed by atoms with Gasteiger partial charge in [0.15, 0.2) is 0 Å². The van der Waals surface area contributed by atoms with E-state index in [0.717, 1.165) is 13.2 Å². The van der Waals surface area contributed by atoms with Crippen LogP contribution in [-0.4, -0.2) is 36.7 Å². The van der Waals surface area contributed by atoms with Gasteiger partial charge in [-0.1, -0.05) is 13.3 Å². The lowest BCUT2D eigenvalue weighted by Crippen LogP contribution is -2.44. The predicted molar refractivity (Wildman–Crippen MR) is 49.3 cm³/mol. The molecule has 1 heterocycles. The molecule has 0 N–H and O–H groups in total. The van der Waals surface area contributed by atoms with Crippen LogP contribution in [0.5, 0.6) is 0 Å². The highest BCUT2D eigenvalue weighted by Gasteiger charge is 2.46. The molecule has 0 radical (unpaired) electrons. The van der Waals surface area contributed by atoms with E-state index in [1.807, 2.05) is 0 Å². The van der Waals surface area contributed by atoms with Gasteiger partial charge in [0.1, 0.15) is 0 Å². The summed E-state index contributed by atoms with van der Waals surface area (Å²) in [5, 5.41) is 0. The maximum absolute atomic E-state index is 5.74. The molecule has 2 nitrogen and oxygen atoms in total. The van der Waals surface area contributed by atoms with E-state index in [4.69, 9.17) is 4.74 Å². The van der Waals surface area contributed by atoms with Gasteiger partial charge >= 0.3 is 0 Å². The lowest BCUT2D eigenvalue weighted by Gasteiger charge is -2.33. The molecular formula is C10H19NO. The highest BCUT2D eigenvalue weighted by atomic mass is 16.5. The highest BCUT2D eigenvalue weighted by Crippen LogP contribution is 2.41. The second kappa shape index (κ2) is 3.35. The van der Waals surface area contributed by atoms with Crippen LogP contribution in [0.3, 0.4) is 0 Å². The van der Waals surface area contributed by atoms with E-state index in [9.17, 15) is 0 Å². The van der Waals surface area contributed by atoms with Crippen LogP contribution in [0, 0.1) is 0 Å². The van der Waals surface area contributed by atoms with Crippen LogP contribution in [0.15, 0.2) is 0 Å². The summed E-state index contributed by atoms with van der Waals surface area (Å²) < 4.78 is 5.74. The lowest BCUT2D eigenvalue weighted by atomic mass is 10.2. The standard InChI is InChI=1S/C10H19NO/c1-2-3-6-11-7-8-12-10(9-11)4-5-10/h2-9H2,1H3. The van der Waals surface area contributed by atoms with Gasteiger partial charge in [-0.2, -0.15) is 0 Å². The number of unbranched alkanes of at least 4 members (excludes halogenated alkanes) is 1. The Kier molecular flexibility index (Phi) is 2.37. The number of rotatable bonds is 3. The van der Waals surface area contributed by atoms with Crippen molar-refractivity contribution in [1.29, 1.82) is 0 Å². The summed E-state index contributed by atoms with van der Waals surface area (Å²) in [4.78, 5) is 2.57. The van der Waals surface area contributed by atoms with Crippen molar-refractivity contribution in [3.8, 4) is 0 Å². The normalized spacial score (nSPS) is 27.8. The average Bonchev–Trinajstić information content (AvgIpc) is 2.82. The monoisotopic (exact) mass is 169 g/mol.